The van der Waals surface area contributed by atoms with E-state index in [-0.39, 0.29) is 5.91 Å². The van der Waals surface area contributed by atoms with Gasteiger partial charge >= 0.3 is 0 Å². The maximum atomic E-state index is 11.7. The first-order valence-corrected chi connectivity index (χ1v) is 5.76. The summed E-state index contributed by atoms with van der Waals surface area (Å²) in [7, 11) is 0. The molecule has 1 heterocycles. The van der Waals surface area contributed by atoms with Gasteiger partial charge in [0.15, 0.2) is 5.82 Å². The summed E-state index contributed by atoms with van der Waals surface area (Å²) in [6, 6.07) is 0. The van der Waals surface area contributed by atoms with Crippen LogP contribution in [-0.2, 0) is 4.79 Å². The molecule has 6 nitrogen and oxygen atoms in total. The summed E-state index contributed by atoms with van der Waals surface area (Å²) in [5.41, 5.74) is 6.16. The molecular weight excluding hydrogens is 218 g/mol. The number of aromatic nitrogens is 2. The van der Waals surface area contributed by atoms with Crippen LogP contribution >= 0.6 is 0 Å². The molecule has 6 heteroatoms. The van der Waals surface area contributed by atoms with E-state index in [0.717, 1.165) is 13.1 Å². The summed E-state index contributed by atoms with van der Waals surface area (Å²) in [5, 5.41) is 3.02. The van der Waals surface area contributed by atoms with Crippen LogP contribution in [0.1, 0.15) is 20.3 Å². The lowest BCUT2D eigenvalue weighted by molar-refractivity contribution is -0.130. The molecule has 3 N–H and O–H groups in total. The van der Waals surface area contributed by atoms with E-state index in [4.69, 9.17) is 5.73 Å². The topological polar surface area (TPSA) is 84.1 Å². The van der Waals surface area contributed by atoms with E-state index in [9.17, 15) is 4.79 Å². The van der Waals surface area contributed by atoms with Crippen molar-refractivity contribution in [2.75, 3.05) is 30.7 Å². The third kappa shape index (κ3) is 3.90. The lowest BCUT2D eigenvalue weighted by atomic mass is 10.3. The maximum absolute atomic E-state index is 11.7. The van der Waals surface area contributed by atoms with E-state index in [2.05, 4.69) is 15.3 Å². The molecule has 0 bridgehead atoms. The van der Waals surface area contributed by atoms with Crippen molar-refractivity contribution in [3.63, 3.8) is 0 Å². The van der Waals surface area contributed by atoms with Crippen LogP contribution < -0.4 is 11.1 Å². The summed E-state index contributed by atoms with van der Waals surface area (Å²) in [4.78, 5) is 21.3. The van der Waals surface area contributed by atoms with Gasteiger partial charge < -0.3 is 16.0 Å². The van der Waals surface area contributed by atoms with Gasteiger partial charge in [-0.2, -0.15) is 0 Å². The van der Waals surface area contributed by atoms with Crippen LogP contribution in [0.3, 0.4) is 0 Å². The molecule has 0 aliphatic heterocycles. The lowest BCUT2D eigenvalue weighted by Crippen LogP contribution is -2.31. The number of nitrogens with one attached hydrogen (secondary N) is 1. The molecule has 1 amide bonds. The Labute approximate surface area is 101 Å². The van der Waals surface area contributed by atoms with Crippen LogP contribution in [0.4, 0.5) is 11.5 Å². The number of amides is 1. The second kappa shape index (κ2) is 6.67. The zero-order valence-corrected chi connectivity index (χ0v) is 10.3. The monoisotopic (exact) mass is 237 g/mol. The zero-order chi connectivity index (χ0) is 12.7. The van der Waals surface area contributed by atoms with Gasteiger partial charge in [0, 0.05) is 26.1 Å². The maximum Gasteiger partial charge on any atom is 0.224 e. The highest BCUT2D eigenvalue weighted by Gasteiger charge is 2.09. The molecule has 1 aromatic heterocycles. The van der Waals surface area contributed by atoms with E-state index < -0.39 is 0 Å². The van der Waals surface area contributed by atoms with Gasteiger partial charge in [0.25, 0.3) is 0 Å². The van der Waals surface area contributed by atoms with Crippen LogP contribution in [0.25, 0.3) is 0 Å². The highest BCUT2D eigenvalue weighted by molar-refractivity contribution is 5.76. The average Bonchev–Trinajstić information content (AvgIpc) is 2.33. The molecule has 1 rings (SSSR count). The lowest BCUT2D eigenvalue weighted by Gasteiger charge is -2.18. The van der Waals surface area contributed by atoms with E-state index in [1.54, 1.807) is 4.90 Å². The van der Waals surface area contributed by atoms with Gasteiger partial charge in [0.05, 0.1) is 11.9 Å². The molecule has 0 unspecified atom stereocenters. The Hall–Kier alpha value is -1.85. The molecule has 0 radical (unpaired) electrons. The average molecular weight is 237 g/mol. The molecule has 94 valence electrons. The van der Waals surface area contributed by atoms with Crippen LogP contribution in [0.15, 0.2) is 12.5 Å². The first kappa shape index (κ1) is 13.2. The standard InChI is InChI=1S/C11H19N5O/c1-3-16(4-2)10(17)5-6-14-11-9(12)7-13-8-15-11/h7-8H,3-6,12H2,1-2H3,(H,13,14,15). The van der Waals surface area contributed by atoms with E-state index in [1.807, 2.05) is 13.8 Å². The van der Waals surface area contributed by atoms with Gasteiger partial charge in [0.2, 0.25) is 5.91 Å². The number of nitrogen functional groups attached to an aromatic ring is 1. The largest absolute Gasteiger partial charge is 0.394 e. The Morgan fingerprint density at radius 3 is 2.76 bits per heavy atom. The molecule has 0 aromatic carbocycles. The summed E-state index contributed by atoms with van der Waals surface area (Å²) in [6.07, 6.45) is 3.39. The first-order valence-electron chi connectivity index (χ1n) is 5.76. The second-order valence-corrected chi connectivity index (χ2v) is 3.57. The van der Waals surface area contributed by atoms with Crippen LogP contribution in [-0.4, -0.2) is 40.4 Å². The third-order valence-electron chi connectivity index (χ3n) is 2.49. The van der Waals surface area contributed by atoms with Crippen molar-refractivity contribution >= 4 is 17.4 Å². The molecular formula is C11H19N5O. The van der Waals surface area contributed by atoms with Gasteiger partial charge in [-0.15, -0.1) is 0 Å². The number of nitrogens with two attached hydrogens (primary N) is 1. The molecule has 1 aromatic rings. The molecule has 0 aliphatic carbocycles. The van der Waals surface area contributed by atoms with Gasteiger partial charge in [0.1, 0.15) is 6.33 Å². The molecule has 0 atom stereocenters. The van der Waals surface area contributed by atoms with Gasteiger partial charge in [-0.3, -0.25) is 4.79 Å². The molecule has 0 aliphatic rings. The Morgan fingerprint density at radius 1 is 1.47 bits per heavy atom. The molecule has 0 fully saturated rings. The van der Waals surface area contributed by atoms with Crippen LogP contribution in [0, 0.1) is 0 Å². The van der Waals surface area contributed by atoms with E-state index >= 15 is 0 Å². The highest BCUT2D eigenvalue weighted by Crippen LogP contribution is 2.10. The Balaban J connectivity index is 2.38. The minimum atomic E-state index is 0.134. The van der Waals surface area contributed by atoms with Gasteiger partial charge in [-0.1, -0.05) is 0 Å². The summed E-state index contributed by atoms with van der Waals surface area (Å²) >= 11 is 0. The van der Waals surface area contributed by atoms with Crippen molar-refractivity contribution in [2.45, 2.75) is 20.3 Å². The smallest absolute Gasteiger partial charge is 0.224 e. The summed E-state index contributed by atoms with van der Waals surface area (Å²) in [6.45, 7) is 5.95. The van der Waals surface area contributed by atoms with E-state index in [1.165, 1.54) is 12.5 Å². The number of carbonyl (C=O) groups is 1. The van der Waals surface area contributed by atoms with Crippen molar-refractivity contribution < 1.29 is 4.79 Å². The van der Waals surface area contributed by atoms with Gasteiger partial charge in [-0.25, -0.2) is 9.97 Å². The van der Waals surface area contributed by atoms with Gasteiger partial charge in [-0.05, 0) is 13.8 Å². The zero-order valence-electron chi connectivity index (χ0n) is 10.3. The number of anilines is 2. The first-order chi connectivity index (χ1) is 8.19. The normalized spacial score (nSPS) is 10.0. The fourth-order valence-electron chi connectivity index (χ4n) is 1.51. The number of nitrogens with zero attached hydrogens (tertiary/aromatic N) is 3. The molecule has 17 heavy (non-hydrogen) atoms. The second-order valence-electron chi connectivity index (χ2n) is 3.57. The Kier molecular flexibility index (Phi) is 5.19. The van der Waals surface area contributed by atoms with Crippen molar-refractivity contribution in [2.24, 2.45) is 0 Å². The van der Waals surface area contributed by atoms with Crippen LogP contribution in [0.5, 0.6) is 0 Å². The fraction of sp³-hybridized carbons (Fsp3) is 0.545. The summed E-state index contributed by atoms with van der Waals surface area (Å²) < 4.78 is 0. The molecule has 0 saturated heterocycles. The van der Waals surface area contributed by atoms with Crippen molar-refractivity contribution in [3.8, 4) is 0 Å². The number of hydrogen-bond acceptors (Lipinski definition) is 5. The summed E-state index contributed by atoms with van der Waals surface area (Å²) in [5.74, 6) is 0.711. The predicted molar refractivity (Wildman–Crippen MR) is 67.5 cm³/mol. The third-order valence-corrected chi connectivity index (χ3v) is 2.49. The fourth-order valence-corrected chi connectivity index (χ4v) is 1.51. The SMILES string of the molecule is CCN(CC)C(=O)CCNc1ncncc1N. The molecule has 0 saturated carbocycles. The number of rotatable bonds is 6. The predicted octanol–water partition coefficient (Wildman–Crippen LogP) is 0.729. The Bertz CT molecular complexity index is 365. The molecule has 0 spiro atoms. The highest BCUT2D eigenvalue weighted by atomic mass is 16.2. The Morgan fingerprint density at radius 2 is 2.18 bits per heavy atom. The van der Waals surface area contributed by atoms with Crippen molar-refractivity contribution in [3.05, 3.63) is 12.5 Å². The number of carbonyl (C=O) groups excluding carboxylic acids is 1. The minimum absolute atomic E-state index is 0.134. The number of hydrogen-bond donors (Lipinski definition) is 2. The van der Waals surface area contributed by atoms with Crippen molar-refractivity contribution in [1.29, 1.82) is 0 Å². The van der Waals surface area contributed by atoms with Crippen LogP contribution in [0.2, 0.25) is 0 Å². The van der Waals surface area contributed by atoms with Crippen molar-refractivity contribution in [1.82, 2.24) is 14.9 Å². The quantitative estimate of drug-likeness (QED) is 0.762. The minimum Gasteiger partial charge on any atom is -0.394 e. The van der Waals surface area contributed by atoms with E-state index in [0.29, 0.717) is 24.5 Å².